The first kappa shape index (κ1) is 12.2. The summed E-state index contributed by atoms with van der Waals surface area (Å²) in [4.78, 5) is 4.01. The Morgan fingerprint density at radius 1 is 1.45 bits per heavy atom. The Morgan fingerprint density at radius 3 is 2.85 bits per heavy atom. The van der Waals surface area contributed by atoms with Gasteiger partial charge in [-0.1, -0.05) is 6.92 Å². The van der Waals surface area contributed by atoms with Gasteiger partial charge >= 0.3 is 0 Å². The number of nitrogens with two attached hydrogens (primary N) is 1. The van der Waals surface area contributed by atoms with E-state index in [0.717, 1.165) is 23.2 Å². The molecule has 1 aliphatic rings. The van der Waals surface area contributed by atoms with Crippen LogP contribution in [-0.2, 0) is 6.42 Å². The molecule has 0 aromatic carbocycles. The van der Waals surface area contributed by atoms with Crippen LogP contribution in [0.4, 0.5) is 0 Å². The van der Waals surface area contributed by atoms with Crippen molar-refractivity contribution in [3.8, 4) is 11.9 Å². The van der Waals surface area contributed by atoms with Crippen LogP contribution in [0.1, 0.15) is 29.7 Å². The molecule has 0 bridgehead atoms. The number of rotatable bonds is 2. The van der Waals surface area contributed by atoms with Gasteiger partial charge in [0.25, 0.3) is 0 Å². The van der Waals surface area contributed by atoms with Gasteiger partial charge in [0, 0.05) is 23.7 Å². The summed E-state index contributed by atoms with van der Waals surface area (Å²) in [6.07, 6.45) is 4.16. The molecule has 0 saturated heterocycles. The van der Waals surface area contributed by atoms with Crippen molar-refractivity contribution >= 4 is 0 Å². The summed E-state index contributed by atoms with van der Waals surface area (Å²) < 4.78 is 5.45. The summed E-state index contributed by atoms with van der Waals surface area (Å²) in [6.45, 7) is 2.02. The second-order valence-electron chi connectivity index (χ2n) is 4.48. The third-order valence-electron chi connectivity index (χ3n) is 3.41. The van der Waals surface area contributed by atoms with Crippen LogP contribution in [0.25, 0.3) is 0 Å². The molecule has 6 heteroatoms. The number of nitriles is 1. The van der Waals surface area contributed by atoms with Crippen molar-refractivity contribution in [1.29, 1.82) is 5.26 Å². The molecule has 1 atom stereocenters. The van der Waals surface area contributed by atoms with Crippen molar-refractivity contribution in [3.63, 3.8) is 0 Å². The molecule has 100 valence electrons. The van der Waals surface area contributed by atoms with Gasteiger partial charge in [0.2, 0.25) is 11.8 Å². The summed E-state index contributed by atoms with van der Waals surface area (Å²) in [5, 5.41) is 16.5. The Labute approximate surface area is 115 Å². The van der Waals surface area contributed by atoms with Crippen LogP contribution >= 0.6 is 0 Å². The Hall–Kier alpha value is -2.81. The number of hydrogen-bond acceptors (Lipinski definition) is 5. The normalized spacial score (nSPS) is 17.3. The molecule has 0 unspecified atom stereocenters. The van der Waals surface area contributed by atoms with Crippen LogP contribution in [0.3, 0.4) is 0 Å². The van der Waals surface area contributed by atoms with E-state index in [1.165, 1.54) is 0 Å². The highest BCUT2D eigenvalue weighted by atomic mass is 16.5. The second kappa shape index (κ2) is 4.70. The smallest absolute Gasteiger partial charge is 0.244 e. The molecule has 0 saturated carbocycles. The summed E-state index contributed by atoms with van der Waals surface area (Å²) in [5.74, 6) is 0.288. The summed E-state index contributed by atoms with van der Waals surface area (Å²) in [5.41, 5.74) is 9.02. The van der Waals surface area contributed by atoms with Crippen molar-refractivity contribution in [2.75, 3.05) is 0 Å². The number of pyridine rings is 1. The minimum atomic E-state index is -0.263. The van der Waals surface area contributed by atoms with E-state index in [0.29, 0.717) is 11.5 Å². The quantitative estimate of drug-likeness (QED) is 0.860. The van der Waals surface area contributed by atoms with Gasteiger partial charge in [0.15, 0.2) is 0 Å². The summed E-state index contributed by atoms with van der Waals surface area (Å²) >= 11 is 0. The maximum absolute atomic E-state index is 9.41. The highest BCUT2D eigenvalue weighted by molar-refractivity contribution is 5.54. The fourth-order valence-electron chi connectivity index (χ4n) is 2.47. The highest BCUT2D eigenvalue weighted by Gasteiger charge is 2.34. The summed E-state index contributed by atoms with van der Waals surface area (Å²) in [7, 11) is 0. The van der Waals surface area contributed by atoms with E-state index in [4.69, 9.17) is 10.5 Å². The zero-order valence-electron chi connectivity index (χ0n) is 10.9. The molecule has 0 spiro atoms. The molecule has 0 amide bonds. The Morgan fingerprint density at radius 2 is 2.20 bits per heavy atom. The van der Waals surface area contributed by atoms with E-state index in [2.05, 4.69) is 21.3 Å². The summed E-state index contributed by atoms with van der Waals surface area (Å²) in [6, 6.07) is 5.90. The van der Waals surface area contributed by atoms with Crippen molar-refractivity contribution < 1.29 is 4.74 Å². The predicted octanol–water partition coefficient (Wildman–Crippen LogP) is 1.59. The van der Waals surface area contributed by atoms with Gasteiger partial charge in [-0.25, -0.2) is 0 Å². The molecule has 0 aliphatic carbocycles. The largest absolute Gasteiger partial charge is 0.420 e. The van der Waals surface area contributed by atoms with E-state index in [1.807, 2.05) is 19.1 Å². The minimum absolute atomic E-state index is 0.107. The van der Waals surface area contributed by atoms with E-state index in [-0.39, 0.29) is 11.8 Å². The molecule has 0 fully saturated rings. The predicted molar refractivity (Wildman–Crippen MR) is 71.5 cm³/mol. The molecule has 3 rings (SSSR count). The lowest BCUT2D eigenvalue weighted by Crippen LogP contribution is -2.21. The van der Waals surface area contributed by atoms with Crippen molar-refractivity contribution in [3.05, 3.63) is 52.8 Å². The van der Waals surface area contributed by atoms with Gasteiger partial charge in [-0.3, -0.25) is 10.1 Å². The van der Waals surface area contributed by atoms with Crippen molar-refractivity contribution in [2.24, 2.45) is 5.73 Å². The zero-order chi connectivity index (χ0) is 14.1. The number of nitrogens with one attached hydrogen (secondary N) is 1. The van der Waals surface area contributed by atoms with Crippen LogP contribution in [0, 0.1) is 11.3 Å². The lowest BCUT2D eigenvalue weighted by atomic mass is 9.84. The van der Waals surface area contributed by atoms with Gasteiger partial charge < -0.3 is 10.5 Å². The molecule has 6 nitrogen and oxygen atoms in total. The molecular formula is C14H13N5O. The number of ether oxygens (including phenoxy) is 1. The average molecular weight is 267 g/mol. The SMILES string of the molecule is CCc1[nH]nc2c1[C@@H](c1ccncc1)C(C#N)=C(N)O2. The van der Waals surface area contributed by atoms with E-state index in [9.17, 15) is 5.26 Å². The van der Waals surface area contributed by atoms with Crippen LogP contribution in [-0.4, -0.2) is 15.2 Å². The first-order valence-corrected chi connectivity index (χ1v) is 6.30. The Bertz CT molecular complexity index is 711. The number of aromatic amines is 1. The van der Waals surface area contributed by atoms with Crippen molar-refractivity contribution in [2.45, 2.75) is 19.3 Å². The number of nitrogens with zero attached hydrogens (tertiary/aromatic N) is 3. The minimum Gasteiger partial charge on any atom is -0.420 e. The standard InChI is InChI=1S/C14H13N5O/c1-2-10-12-11(8-3-5-17-6-4-8)9(7-15)13(16)20-14(12)19-18-10/h3-6,11H,2,16H2,1H3,(H,18,19)/t11-/m0/s1. The van der Waals surface area contributed by atoms with E-state index < -0.39 is 0 Å². The third-order valence-corrected chi connectivity index (χ3v) is 3.41. The van der Waals surface area contributed by atoms with E-state index in [1.54, 1.807) is 12.4 Å². The monoisotopic (exact) mass is 267 g/mol. The van der Waals surface area contributed by atoms with Crippen molar-refractivity contribution in [1.82, 2.24) is 15.2 Å². The number of fused-ring (bicyclic) bond motifs is 1. The number of H-pyrrole nitrogens is 1. The van der Waals surface area contributed by atoms with E-state index >= 15 is 0 Å². The third kappa shape index (κ3) is 1.72. The molecule has 0 radical (unpaired) electrons. The van der Waals surface area contributed by atoms with Crippen LogP contribution in [0.5, 0.6) is 5.88 Å². The molecule has 20 heavy (non-hydrogen) atoms. The maximum Gasteiger partial charge on any atom is 0.244 e. The first-order chi connectivity index (χ1) is 9.76. The second-order valence-corrected chi connectivity index (χ2v) is 4.48. The number of aryl methyl sites for hydroxylation is 1. The fraction of sp³-hybridized carbons (Fsp3) is 0.214. The molecule has 2 aromatic heterocycles. The average Bonchev–Trinajstić information content (AvgIpc) is 2.89. The van der Waals surface area contributed by atoms with Gasteiger partial charge in [0.1, 0.15) is 11.6 Å². The molecule has 3 heterocycles. The zero-order valence-corrected chi connectivity index (χ0v) is 10.9. The number of aromatic nitrogens is 3. The van der Waals surface area contributed by atoms with Gasteiger partial charge in [-0.05, 0) is 24.1 Å². The van der Waals surface area contributed by atoms with Gasteiger partial charge in [0.05, 0.1) is 5.92 Å². The lowest BCUT2D eigenvalue weighted by molar-refractivity contribution is 0.378. The Balaban J connectivity index is 2.24. The van der Waals surface area contributed by atoms with Crippen LogP contribution in [0.2, 0.25) is 0 Å². The molecule has 2 aromatic rings. The highest BCUT2D eigenvalue weighted by Crippen LogP contribution is 2.42. The topological polar surface area (TPSA) is 101 Å². The number of hydrogen-bond donors (Lipinski definition) is 2. The Kier molecular flexibility index (Phi) is 2.88. The first-order valence-electron chi connectivity index (χ1n) is 6.30. The van der Waals surface area contributed by atoms with Crippen LogP contribution < -0.4 is 10.5 Å². The lowest BCUT2D eigenvalue weighted by Gasteiger charge is -2.23. The molecule has 3 N–H and O–H groups in total. The fourth-order valence-corrected chi connectivity index (χ4v) is 2.47. The molecule has 1 aliphatic heterocycles. The molecular weight excluding hydrogens is 254 g/mol. The maximum atomic E-state index is 9.41. The van der Waals surface area contributed by atoms with Crippen LogP contribution in [0.15, 0.2) is 36.0 Å². The van der Waals surface area contributed by atoms with Gasteiger partial charge in [-0.2, -0.15) is 5.26 Å². The number of allylic oxidation sites excluding steroid dienone is 1. The van der Waals surface area contributed by atoms with Gasteiger partial charge in [-0.15, -0.1) is 5.10 Å².